The van der Waals surface area contributed by atoms with Crippen molar-refractivity contribution in [2.45, 2.75) is 26.1 Å². The van der Waals surface area contributed by atoms with E-state index in [0.29, 0.717) is 12.2 Å². The van der Waals surface area contributed by atoms with Gasteiger partial charge in [0.2, 0.25) is 0 Å². The van der Waals surface area contributed by atoms with Crippen LogP contribution in [0.3, 0.4) is 0 Å². The number of nitrogens with zero attached hydrogens (tertiary/aromatic N) is 1. The van der Waals surface area contributed by atoms with Gasteiger partial charge in [0, 0.05) is 19.6 Å². The molecule has 2 unspecified atom stereocenters. The molecule has 2 fully saturated rings. The predicted octanol–water partition coefficient (Wildman–Crippen LogP) is 0.742. The van der Waals surface area contributed by atoms with Gasteiger partial charge in [0.15, 0.2) is 0 Å². The number of ether oxygens (including phenoxy) is 2. The maximum atomic E-state index is 5.24. The van der Waals surface area contributed by atoms with Crippen molar-refractivity contribution in [3.8, 4) is 0 Å². The third-order valence-electron chi connectivity index (χ3n) is 2.35. The van der Waals surface area contributed by atoms with E-state index in [1.165, 1.54) is 6.54 Å². The molecule has 2 aliphatic rings. The van der Waals surface area contributed by atoms with E-state index in [0.717, 1.165) is 32.2 Å². The first-order valence-corrected chi connectivity index (χ1v) is 5.19. The lowest BCUT2D eigenvalue weighted by atomic mass is 10.2. The molecule has 0 amide bonds. The molecule has 0 aliphatic carbocycles. The standard InChI is InChI=1S/C10H19NO2/c1-8(2)3-11(4-9-6-12-9)5-10-7-13-10/h8-10H,3-7H2,1-2H3. The van der Waals surface area contributed by atoms with Crippen molar-refractivity contribution in [3.05, 3.63) is 0 Å². The Kier molecular flexibility index (Phi) is 2.86. The maximum absolute atomic E-state index is 5.24. The summed E-state index contributed by atoms with van der Waals surface area (Å²) in [5.41, 5.74) is 0. The fraction of sp³-hybridized carbons (Fsp3) is 1.00. The van der Waals surface area contributed by atoms with Gasteiger partial charge < -0.3 is 9.47 Å². The molecule has 2 heterocycles. The van der Waals surface area contributed by atoms with Crippen molar-refractivity contribution >= 4 is 0 Å². The van der Waals surface area contributed by atoms with Crippen molar-refractivity contribution in [1.29, 1.82) is 0 Å². The summed E-state index contributed by atoms with van der Waals surface area (Å²) >= 11 is 0. The summed E-state index contributed by atoms with van der Waals surface area (Å²) in [4.78, 5) is 2.47. The van der Waals surface area contributed by atoms with Gasteiger partial charge in [-0.05, 0) is 5.92 Å². The minimum absolute atomic E-state index is 0.512. The number of hydrogen-bond donors (Lipinski definition) is 0. The van der Waals surface area contributed by atoms with E-state index in [4.69, 9.17) is 9.47 Å². The van der Waals surface area contributed by atoms with E-state index in [2.05, 4.69) is 18.7 Å². The second-order valence-electron chi connectivity index (χ2n) is 4.52. The Hall–Kier alpha value is -0.120. The summed E-state index contributed by atoms with van der Waals surface area (Å²) in [6, 6.07) is 0. The number of hydrogen-bond acceptors (Lipinski definition) is 3. The maximum Gasteiger partial charge on any atom is 0.0936 e. The molecule has 0 N–H and O–H groups in total. The van der Waals surface area contributed by atoms with E-state index in [9.17, 15) is 0 Å². The first kappa shape index (κ1) is 9.44. The molecule has 2 atom stereocenters. The van der Waals surface area contributed by atoms with Crippen molar-refractivity contribution in [1.82, 2.24) is 4.90 Å². The van der Waals surface area contributed by atoms with Gasteiger partial charge in [0.25, 0.3) is 0 Å². The van der Waals surface area contributed by atoms with Gasteiger partial charge in [-0.15, -0.1) is 0 Å². The largest absolute Gasteiger partial charge is 0.372 e. The second-order valence-corrected chi connectivity index (χ2v) is 4.52. The van der Waals surface area contributed by atoms with E-state index in [-0.39, 0.29) is 0 Å². The van der Waals surface area contributed by atoms with Crippen molar-refractivity contribution in [2.24, 2.45) is 5.92 Å². The zero-order chi connectivity index (χ0) is 9.26. The Bertz CT molecular complexity index is 145. The van der Waals surface area contributed by atoms with E-state index >= 15 is 0 Å². The summed E-state index contributed by atoms with van der Waals surface area (Å²) < 4.78 is 10.5. The van der Waals surface area contributed by atoms with Crippen molar-refractivity contribution < 1.29 is 9.47 Å². The third kappa shape index (κ3) is 3.63. The molecule has 0 radical (unpaired) electrons. The fourth-order valence-corrected chi connectivity index (χ4v) is 1.66. The van der Waals surface area contributed by atoms with Gasteiger partial charge in [0.1, 0.15) is 0 Å². The smallest absolute Gasteiger partial charge is 0.0936 e. The minimum Gasteiger partial charge on any atom is -0.372 e. The van der Waals surface area contributed by atoms with Crippen LogP contribution < -0.4 is 0 Å². The van der Waals surface area contributed by atoms with Crippen LogP contribution in [0.25, 0.3) is 0 Å². The van der Waals surface area contributed by atoms with Gasteiger partial charge in [0.05, 0.1) is 25.4 Å². The highest BCUT2D eigenvalue weighted by atomic mass is 16.6. The molecular formula is C10H19NO2. The normalized spacial score (nSPS) is 31.4. The van der Waals surface area contributed by atoms with Gasteiger partial charge in [-0.1, -0.05) is 13.8 Å². The lowest BCUT2D eigenvalue weighted by Gasteiger charge is -2.22. The molecule has 2 aliphatic heterocycles. The topological polar surface area (TPSA) is 28.3 Å². The molecule has 2 saturated heterocycles. The number of rotatable bonds is 6. The first-order valence-electron chi connectivity index (χ1n) is 5.19. The van der Waals surface area contributed by atoms with E-state index in [1.54, 1.807) is 0 Å². The summed E-state index contributed by atoms with van der Waals surface area (Å²) in [5, 5.41) is 0. The van der Waals surface area contributed by atoms with E-state index < -0.39 is 0 Å². The molecule has 3 nitrogen and oxygen atoms in total. The molecule has 0 saturated carbocycles. The first-order chi connectivity index (χ1) is 6.24. The van der Waals surface area contributed by atoms with Gasteiger partial charge in [-0.3, -0.25) is 4.90 Å². The molecule has 0 aromatic rings. The fourth-order valence-electron chi connectivity index (χ4n) is 1.66. The molecule has 0 aromatic heterocycles. The minimum atomic E-state index is 0.512. The summed E-state index contributed by atoms with van der Waals surface area (Å²) in [7, 11) is 0. The Morgan fingerprint density at radius 2 is 1.62 bits per heavy atom. The molecule has 0 bridgehead atoms. The van der Waals surface area contributed by atoms with Crippen LogP contribution in [0, 0.1) is 5.92 Å². The Labute approximate surface area is 80.0 Å². The Morgan fingerprint density at radius 1 is 1.15 bits per heavy atom. The highest BCUT2D eigenvalue weighted by Gasteiger charge is 2.30. The van der Waals surface area contributed by atoms with Crippen LogP contribution in [-0.2, 0) is 9.47 Å². The van der Waals surface area contributed by atoms with Crippen LogP contribution >= 0.6 is 0 Å². The molecule has 2 rings (SSSR count). The van der Waals surface area contributed by atoms with Gasteiger partial charge in [-0.2, -0.15) is 0 Å². The molecule has 76 valence electrons. The molecule has 0 spiro atoms. The van der Waals surface area contributed by atoms with Gasteiger partial charge >= 0.3 is 0 Å². The lowest BCUT2D eigenvalue weighted by molar-refractivity contribution is 0.201. The quantitative estimate of drug-likeness (QED) is 0.571. The summed E-state index contributed by atoms with van der Waals surface area (Å²) in [6.45, 7) is 9.79. The molecule has 0 aromatic carbocycles. The van der Waals surface area contributed by atoms with Crippen LogP contribution in [0.2, 0.25) is 0 Å². The van der Waals surface area contributed by atoms with Crippen molar-refractivity contribution in [3.63, 3.8) is 0 Å². The van der Waals surface area contributed by atoms with Crippen LogP contribution in [0.4, 0.5) is 0 Å². The Morgan fingerprint density at radius 3 is 1.92 bits per heavy atom. The van der Waals surface area contributed by atoms with Crippen LogP contribution in [0.15, 0.2) is 0 Å². The van der Waals surface area contributed by atoms with Crippen LogP contribution in [0.1, 0.15) is 13.8 Å². The Balaban J connectivity index is 1.70. The zero-order valence-electron chi connectivity index (χ0n) is 8.53. The highest BCUT2D eigenvalue weighted by molar-refractivity contribution is 4.80. The molecule has 13 heavy (non-hydrogen) atoms. The monoisotopic (exact) mass is 185 g/mol. The highest BCUT2D eigenvalue weighted by Crippen LogP contribution is 2.16. The van der Waals surface area contributed by atoms with Crippen molar-refractivity contribution in [2.75, 3.05) is 32.8 Å². The van der Waals surface area contributed by atoms with Crippen LogP contribution in [-0.4, -0.2) is 50.0 Å². The SMILES string of the molecule is CC(C)CN(CC1CO1)CC1CO1. The lowest BCUT2D eigenvalue weighted by Crippen LogP contribution is -2.34. The second kappa shape index (κ2) is 3.95. The average molecular weight is 185 g/mol. The summed E-state index contributed by atoms with van der Waals surface area (Å²) in [5.74, 6) is 0.734. The summed E-state index contributed by atoms with van der Waals surface area (Å²) in [6.07, 6.45) is 1.02. The number of epoxide rings is 2. The third-order valence-corrected chi connectivity index (χ3v) is 2.35. The average Bonchev–Trinajstić information content (AvgIpc) is 2.79. The van der Waals surface area contributed by atoms with E-state index in [1.807, 2.05) is 0 Å². The predicted molar refractivity (Wildman–Crippen MR) is 50.8 cm³/mol. The molecular weight excluding hydrogens is 166 g/mol. The van der Waals surface area contributed by atoms with Crippen LogP contribution in [0.5, 0.6) is 0 Å². The van der Waals surface area contributed by atoms with Gasteiger partial charge in [-0.25, -0.2) is 0 Å². The zero-order valence-corrected chi connectivity index (χ0v) is 8.53. The molecule has 3 heteroatoms.